The van der Waals surface area contributed by atoms with Gasteiger partial charge in [-0.05, 0) is 30.2 Å². The Hall–Kier alpha value is -3.27. The van der Waals surface area contributed by atoms with Gasteiger partial charge in [0.2, 0.25) is 5.91 Å². The molecule has 1 saturated heterocycles. The van der Waals surface area contributed by atoms with Gasteiger partial charge in [-0.1, -0.05) is 18.2 Å². The summed E-state index contributed by atoms with van der Waals surface area (Å²) in [5.74, 6) is 1.38. The van der Waals surface area contributed by atoms with Gasteiger partial charge in [0.15, 0.2) is 5.75 Å². The van der Waals surface area contributed by atoms with Gasteiger partial charge in [0, 0.05) is 38.0 Å². The molecule has 1 aliphatic rings. The van der Waals surface area contributed by atoms with Crippen LogP contribution in [0, 0.1) is 10.1 Å². The number of rotatable bonds is 8. The van der Waals surface area contributed by atoms with E-state index in [0.717, 1.165) is 5.56 Å². The Bertz CT molecular complexity index is 1020. The largest absolute Gasteiger partial charge is 0.496 e. The summed E-state index contributed by atoms with van der Waals surface area (Å²) in [5.41, 5.74) is 1.18. The Morgan fingerprint density at radius 2 is 1.70 bits per heavy atom. The molecule has 2 aromatic rings. The molecule has 0 N–H and O–H groups in total. The molecule has 0 aromatic heterocycles. The third kappa shape index (κ3) is 6.16. The van der Waals surface area contributed by atoms with Gasteiger partial charge in [-0.25, -0.2) is 0 Å². The van der Waals surface area contributed by atoms with E-state index in [1.807, 2.05) is 6.07 Å². The summed E-state index contributed by atoms with van der Waals surface area (Å²) in [6, 6.07) is 11.9. The number of nitro groups is 1. The molecule has 3 rings (SSSR count). The van der Waals surface area contributed by atoms with E-state index >= 15 is 0 Å². The van der Waals surface area contributed by atoms with Gasteiger partial charge < -0.3 is 19.3 Å². The highest BCUT2D eigenvalue weighted by molar-refractivity contribution is 7.99. The summed E-state index contributed by atoms with van der Waals surface area (Å²) >= 11 is 1.41. The van der Waals surface area contributed by atoms with E-state index in [-0.39, 0.29) is 29.0 Å². The van der Waals surface area contributed by atoms with Crippen molar-refractivity contribution < 1.29 is 24.0 Å². The number of thioether (sulfide) groups is 1. The molecule has 1 aliphatic heterocycles. The van der Waals surface area contributed by atoms with Crippen LogP contribution in [0.3, 0.4) is 0 Å². The molecule has 0 radical (unpaired) electrons. The first-order valence-electron chi connectivity index (χ1n) is 10.5. The molecular formula is C23H27N3O6S. The fourth-order valence-corrected chi connectivity index (χ4v) is 4.55. The number of carbonyl (C=O) groups is 2. The molecular weight excluding hydrogens is 446 g/mol. The first kappa shape index (κ1) is 24.4. The van der Waals surface area contributed by atoms with Crippen molar-refractivity contribution in [3.8, 4) is 11.5 Å². The number of hydrogen-bond acceptors (Lipinski definition) is 7. The molecule has 1 fully saturated rings. The highest BCUT2D eigenvalue weighted by Gasteiger charge is 2.24. The number of benzene rings is 2. The number of nitrogens with zero attached hydrogens (tertiary/aromatic N) is 3. The first-order valence-corrected chi connectivity index (χ1v) is 11.7. The maximum atomic E-state index is 12.9. The topological polar surface area (TPSA) is 102 Å². The highest BCUT2D eigenvalue weighted by atomic mass is 32.2. The van der Waals surface area contributed by atoms with Gasteiger partial charge >= 0.3 is 5.69 Å². The van der Waals surface area contributed by atoms with Gasteiger partial charge in [-0.15, -0.1) is 11.8 Å². The monoisotopic (exact) mass is 473 g/mol. The lowest BCUT2D eigenvalue weighted by Gasteiger charge is -2.23. The summed E-state index contributed by atoms with van der Waals surface area (Å²) in [6.45, 7) is 2.08. The number of ether oxygens (including phenoxy) is 2. The predicted molar refractivity (Wildman–Crippen MR) is 126 cm³/mol. The van der Waals surface area contributed by atoms with Gasteiger partial charge in [0.1, 0.15) is 5.75 Å². The van der Waals surface area contributed by atoms with Crippen LogP contribution >= 0.6 is 11.8 Å². The number of methoxy groups -OCH3 is 2. The molecule has 1 heterocycles. The highest BCUT2D eigenvalue weighted by Crippen LogP contribution is 2.29. The zero-order valence-corrected chi connectivity index (χ0v) is 19.5. The predicted octanol–water partition coefficient (Wildman–Crippen LogP) is 3.22. The minimum absolute atomic E-state index is 0.00500. The van der Waals surface area contributed by atoms with Crippen LogP contribution in [0.5, 0.6) is 11.5 Å². The van der Waals surface area contributed by atoms with Crippen LogP contribution in [0.1, 0.15) is 22.3 Å². The molecule has 9 nitrogen and oxygen atoms in total. The van der Waals surface area contributed by atoms with Gasteiger partial charge in [-0.2, -0.15) is 0 Å². The standard InChI is InChI=1S/C23H27N3O6S/c1-31-20-7-4-3-6-18(20)23(28)25-11-5-10-24(12-13-25)22(27)16-33-15-17-8-9-21(32-2)19(14-17)26(29)30/h3-4,6-9,14H,5,10-13,15-16H2,1-2H3. The fraction of sp³-hybridized carbons (Fsp3) is 0.391. The van der Waals surface area contributed by atoms with Crippen molar-refractivity contribution in [1.29, 1.82) is 0 Å². The zero-order valence-electron chi connectivity index (χ0n) is 18.7. The molecule has 10 heteroatoms. The molecule has 33 heavy (non-hydrogen) atoms. The van der Waals surface area contributed by atoms with Crippen LogP contribution < -0.4 is 9.47 Å². The summed E-state index contributed by atoms with van der Waals surface area (Å²) in [4.78, 5) is 39.9. The number of amides is 2. The normalized spacial score (nSPS) is 13.9. The number of hydrogen-bond donors (Lipinski definition) is 0. The Labute approximate surface area is 196 Å². The Morgan fingerprint density at radius 3 is 2.42 bits per heavy atom. The van der Waals surface area contributed by atoms with Crippen molar-refractivity contribution in [3.05, 3.63) is 63.7 Å². The van der Waals surface area contributed by atoms with E-state index in [4.69, 9.17) is 9.47 Å². The third-order valence-corrected chi connectivity index (χ3v) is 6.40. The fourth-order valence-electron chi connectivity index (χ4n) is 3.68. The van der Waals surface area contributed by atoms with E-state index in [1.54, 1.807) is 40.1 Å². The molecule has 2 amide bonds. The average Bonchev–Trinajstić information content (AvgIpc) is 3.10. The smallest absolute Gasteiger partial charge is 0.311 e. The van der Waals surface area contributed by atoms with E-state index < -0.39 is 4.92 Å². The maximum absolute atomic E-state index is 12.9. The Balaban J connectivity index is 1.52. The SMILES string of the molecule is COc1ccccc1C(=O)N1CCCN(C(=O)CSCc2ccc(OC)c([N+](=O)[O-])c2)CC1. The molecule has 176 valence electrons. The van der Waals surface area contributed by atoms with Gasteiger partial charge in [0.05, 0.1) is 30.5 Å². The van der Waals surface area contributed by atoms with Crippen LogP contribution in [0.15, 0.2) is 42.5 Å². The summed E-state index contributed by atoms with van der Waals surface area (Å²) < 4.78 is 10.3. The summed E-state index contributed by atoms with van der Waals surface area (Å²) in [6.07, 6.45) is 0.696. The molecule has 0 aliphatic carbocycles. The van der Waals surface area contributed by atoms with Gasteiger partial charge in [0.25, 0.3) is 5.91 Å². The first-order chi connectivity index (χ1) is 15.9. The molecule has 2 aromatic carbocycles. The second kappa shape index (κ2) is 11.6. The van der Waals surface area contributed by atoms with Crippen molar-refractivity contribution in [2.24, 2.45) is 0 Å². The number of para-hydroxylation sites is 1. The van der Waals surface area contributed by atoms with E-state index in [1.165, 1.54) is 32.0 Å². The third-order valence-electron chi connectivity index (χ3n) is 5.41. The van der Waals surface area contributed by atoms with E-state index in [9.17, 15) is 19.7 Å². The van der Waals surface area contributed by atoms with Crippen LogP contribution in [0.25, 0.3) is 0 Å². The molecule has 0 unspecified atom stereocenters. The van der Waals surface area contributed by atoms with Crippen LogP contribution in [-0.2, 0) is 10.5 Å². The lowest BCUT2D eigenvalue weighted by Crippen LogP contribution is -2.38. The van der Waals surface area contributed by atoms with E-state index in [2.05, 4.69) is 0 Å². The molecule has 0 spiro atoms. The average molecular weight is 474 g/mol. The Kier molecular flexibility index (Phi) is 8.53. The number of carbonyl (C=O) groups excluding carboxylic acids is 2. The lowest BCUT2D eigenvalue weighted by atomic mass is 10.1. The van der Waals surface area contributed by atoms with E-state index in [0.29, 0.717) is 49.7 Å². The van der Waals surface area contributed by atoms with Crippen molar-refractivity contribution in [2.75, 3.05) is 46.2 Å². The van der Waals surface area contributed by atoms with Crippen molar-refractivity contribution >= 4 is 29.3 Å². The minimum atomic E-state index is -0.479. The zero-order chi connectivity index (χ0) is 23.8. The quantitative estimate of drug-likeness (QED) is 0.428. The summed E-state index contributed by atoms with van der Waals surface area (Å²) in [5, 5.41) is 11.2. The lowest BCUT2D eigenvalue weighted by molar-refractivity contribution is -0.385. The maximum Gasteiger partial charge on any atom is 0.311 e. The summed E-state index contributed by atoms with van der Waals surface area (Å²) in [7, 11) is 2.93. The molecule has 0 saturated carbocycles. The van der Waals surface area contributed by atoms with Crippen LogP contribution in [0.4, 0.5) is 5.69 Å². The second-order valence-corrected chi connectivity index (χ2v) is 8.47. The number of nitro benzene ring substituents is 1. The van der Waals surface area contributed by atoms with Crippen LogP contribution in [-0.4, -0.2) is 72.7 Å². The molecule has 0 atom stereocenters. The minimum Gasteiger partial charge on any atom is -0.496 e. The second-order valence-electron chi connectivity index (χ2n) is 7.48. The van der Waals surface area contributed by atoms with Crippen molar-refractivity contribution in [2.45, 2.75) is 12.2 Å². The molecule has 0 bridgehead atoms. The van der Waals surface area contributed by atoms with Crippen molar-refractivity contribution in [3.63, 3.8) is 0 Å². The van der Waals surface area contributed by atoms with Gasteiger partial charge in [-0.3, -0.25) is 19.7 Å². The van der Waals surface area contributed by atoms with Crippen LogP contribution in [0.2, 0.25) is 0 Å². The van der Waals surface area contributed by atoms with Crippen molar-refractivity contribution in [1.82, 2.24) is 9.80 Å². The Morgan fingerprint density at radius 1 is 1.00 bits per heavy atom.